The van der Waals surface area contributed by atoms with E-state index in [9.17, 15) is 13.6 Å². The highest BCUT2D eigenvalue weighted by Gasteiger charge is 2.08. The molecule has 0 aliphatic rings. The molecule has 0 spiro atoms. The Hall–Kier alpha value is -1.89. The number of benzene rings is 1. The first-order valence-corrected chi connectivity index (χ1v) is 5.74. The third-order valence-corrected chi connectivity index (χ3v) is 2.26. The number of carbonyl (C=O) groups is 1. The maximum absolute atomic E-state index is 12.0. The Balaban J connectivity index is 2.54. The maximum Gasteiger partial charge on any atom is 0.387 e. The summed E-state index contributed by atoms with van der Waals surface area (Å²) in [6, 6.07) is 5.03. The molecule has 7 heteroatoms. The number of aliphatic hydroxyl groups is 1. The number of amides is 2. The van der Waals surface area contributed by atoms with Gasteiger partial charge in [-0.1, -0.05) is 6.07 Å². The van der Waals surface area contributed by atoms with Crippen LogP contribution in [-0.4, -0.2) is 30.4 Å². The number of aliphatic hydroxyl groups excluding tert-OH is 1. The third-order valence-electron chi connectivity index (χ3n) is 2.26. The molecule has 0 saturated carbocycles. The van der Waals surface area contributed by atoms with Crippen LogP contribution in [0.25, 0.3) is 0 Å². The minimum absolute atomic E-state index is 0.0286. The summed E-state index contributed by atoms with van der Waals surface area (Å²) < 4.78 is 28.3. The molecule has 0 saturated heterocycles. The summed E-state index contributed by atoms with van der Waals surface area (Å²) in [4.78, 5) is 11.5. The molecule has 1 rings (SSSR count). The summed E-state index contributed by atoms with van der Waals surface area (Å²) in [5.41, 5.74) is 0.340. The summed E-state index contributed by atoms with van der Waals surface area (Å²) in [5, 5.41) is 13.8. The van der Waals surface area contributed by atoms with Crippen molar-refractivity contribution >= 4 is 11.7 Å². The van der Waals surface area contributed by atoms with Crippen molar-refractivity contribution < 1.29 is 23.4 Å². The minimum Gasteiger partial charge on any atom is -0.435 e. The Morgan fingerprint density at radius 3 is 2.84 bits per heavy atom. The van der Waals surface area contributed by atoms with Gasteiger partial charge < -0.3 is 20.5 Å². The van der Waals surface area contributed by atoms with Crippen molar-refractivity contribution in [3.8, 4) is 5.75 Å². The van der Waals surface area contributed by atoms with Crippen molar-refractivity contribution in [3.63, 3.8) is 0 Å². The predicted molar refractivity (Wildman–Crippen MR) is 66.4 cm³/mol. The van der Waals surface area contributed by atoms with Gasteiger partial charge in [-0.05, 0) is 25.5 Å². The molecule has 106 valence electrons. The van der Waals surface area contributed by atoms with Crippen molar-refractivity contribution in [3.05, 3.63) is 24.3 Å². The highest BCUT2D eigenvalue weighted by atomic mass is 19.3. The highest BCUT2D eigenvalue weighted by Crippen LogP contribution is 2.19. The number of anilines is 1. The molecular weight excluding hydrogens is 258 g/mol. The SMILES string of the molecule is C[C@H](CCO)NC(=O)Nc1cccc(OC(F)F)c1. The smallest absolute Gasteiger partial charge is 0.387 e. The number of hydrogen-bond acceptors (Lipinski definition) is 3. The zero-order valence-electron chi connectivity index (χ0n) is 10.4. The second-order valence-corrected chi connectivity index (χ2v) is 3.92. The molecule has 0 aromatic heterocycles. The van der Waals surface area contributed by atoms with Crippen LogP contribution in [0.1, 0.15) is 13.3 Å². The van der Waals surface area contributed by atoms with Gasteiger partial charge in [-0.2, -0.15) is 8.78 Å². The van der Waals surface area contributed by atoms with Gasteiger partial charge in [0.2, 0.25) is 0 Å². The van der Waals surface area contributed by atoms with Crippen molar-refractivity contribution in [2.45, 2.75) is 26.0 Å². The predicted octanol–water partition coefficient (Wildman–Crippen LogP) is 2.18. The largest absolute Gasteiger partial charge is 0.435 e. The fraction of sp³-hybridized carbons (Fsp3) is 0.417. The van der Waals surface area contributed by atoms with Gasteiger partial charge in [0.1, 0.15) is 5.75 Å². The van der Waals surface area contributed by atoms with Crippen LogP contribution in [0.15, 0.2) is 24.3 Å². The van der Waals surface area contributed by atoms with E-state index in [4.69, 9.17) is 5.11 Å². The summed E-state index contributed by atoms with van der Waals surface area (Å²) in [5.74, 6) is -0.0313. The van der Waals surface area contributed by atoms with Crippen LogP contribution in [0.5, 0.6) is 5.75 Å². The Morgan fingerprint density at radius 1 is 1.47 bits per heavy atom. The van der Waals surface area contributed by atoms with Crippen LogP contribution in [0.3, 0.4) is 0 Å². The van der Waals surface area contributed by atoms with E-state index in [2.05, 4.69) is 15.4 Å². The lowest BCUT2D eigenvalue weighted by Gasteiger charge is -2.13. The lowest BCUT2D eigenvalue weighted by atomic mass is 10.2. The number of ether oxygens (including phenoxy) is 1. The van der Waals surface area contributed by atoms with E-state index in [1.807, 2.05) is 0 Å². The van der Waals surface area contributed by atoms with Crippen LogP contribution < -0.4 is 15.4 Å². The van der Waals surface area contributed by atoms with Gasteiger partial charge >= 0.3 is 12.6 Å². The van der Waals surface area contributed by atoms with E-state index < -0.39 is 12.6 Å². The number of rotatable bonds is 6. The zero-order valence-corrected chi connectivity index (χ0v) is 10.4. The summed E-state index contributed by atoms with van der Waals surface area (Å²) in [6.45, 7) is -1.20. The lowest BCUT2D eigenvalue weighted by molar-refractivity contribution is -0.0497. The first-order valence-electron chi connectivity index (χ1n) is 5.74. The molecule has 0 unspecified atom stereocenters. The molecule has 1 atom stereocenters. The van der Waals surface area contributed by atoms with Gasteiger partial charge in [0, 0.05) is 24.4 Å². The van der Waals surface area contributed by atoms with Crippen LogP contribution >= 0.6 is 0 Å². The average molecular weight is 274 g/mol. The fourth-order valence-corrected chi connectivity index (χ4v) is 1.41. The third kappa shape index (κ3) is 6.01. The second kappa shape index (κ2) is 7.52. The zero-order chi connectivity index (χ0) is 14.3. The molecule has 1 aromatic carbocycles. The lowest BCUT2D eigenvalue weighted by Crippen LogP contribution is -2.36. The van der Waals surface area contributed by atoms with E-state index in [0.717, 1.165) is 0 Å². The molecular formula is C12H16F2N2O3. The van der Waals surface area contributed by atoms with Gasteiger partial charge in [0.25, 0.3) is 0 Å². The second-order valence-electron chi connectivity index (χ2n) is 3.92. The Morgan fingerprint density at radius 2 is 2.21 bits per heavy atom. The van der Waals surface area contributed by atoms with E-state index in [0.29, 0.717) is 12.1 Å². The van der Waals surface area contributed by atoms with Crippen molar-refractivity contribution in [2.24, 2.45) is 0 Å². The van der Waals surface area contributed by atoms with Gasteiger partial charge in [0.05, 0.1) is 0 Å². The molecule has 0 fully saturated rings. The number of carbonyl (C=O) groups excluding carboxylic acids is 1. The Bertz CT molecular complexity index is 416. The van der Waals surface area contributed by atoms with Crippen LogP contribution in [-0.2, 0) is 0 Å². The maximum atomic E-state index is 12.0. The Kier molecular flexibility index (Phi) is 6.01. The molecule has 2 amide bonds. The molecule has 0 aliphatic heterocycles. The summed E-state index contributed by atoms with van der Waals surface area (Å²) >= 11 is 0. The highest BCUT2D eigenvalue weighted by molar-refractivity contribution is 5.89. The average Bonchev–Trinajstić information content (AvgIpc) is 2.28. The molecule has 5 nitrogen and oxygen atoms in total. The van der Waals surface area contributed by atoms with Crippen LogP contribution in [0.2, 0.25) is 0 Å². The van der Waals surface area contributed by atoms with Gasteiger partial charge in [-0.15, -0.1) is 0 Å². The Labute approximate surface area is 109 Å². The van der Waals surface area contributed by atoms with E-state index in [-0.39, 0.29) is 18.4 Å². The van der Waals surface area contributed by atoms with Crippen molar-refractivity contribution in [2.75, 3.05) is 11.9 Å². The number of halogens is 2. The monoisotopic (exact) mass is 274 g/mol. The van der Waals surface area contributed by atoms with E-state index in [1.54, 1.807) is 13.0 Å². The standard InChI is InChI=1S/C12H16F2N2O3/c1-8(5-6-17)15-12(18)16-9-3-2-4-10(7-9)19-11(13)14/h2-4,7-8,11,17H,5-6H2,1H3,(H2,15,16,18)/t8-/m1/s1. The van der Waals surface area contributed by atoms with Gasteiger partial charge in [-0.3, -0.25) is 0 Å². The van der Waals surface area contributed by atoms with E-state index >= 15 is 0 Å². The molecule has 19 heavy (non-hydrogen) atoms. The molecule has 1 aromatic rings. The summed E-state index contributed by atoms with van der Waals surface area (Å²) in [7, 11) is 0. The van der Waals surface area contributed by atoms with Crippen LogP contribution in [0, 0.1) is 0 Å². The minimum atomic E-state index is -2.91. The molecule has 0 aliphatic carbocycles. The molecule has 0 radical (unpaired) electrons. The molecule has 0 bridgehead atoms. The first kappa shape index (κ1) is 15.2. The van der Waals surface area contributed by atoms with E-state index in [1.165, 1.54) is 18.2 Å². The van der Waals surface area contributed by atoms with Crippen molar-refractivity contribution in [1.82, 2.24) is 5.32 Å². The molecule has 0 heterocycles. The summed E-state index contributed by atoms with van der Waals surface area (Å²) in [6.07, 6.45) is 0.432. The normalized spacial score (nSPS) is 12.1. The number of hydrogen-bond donors (Lipinski definition) is 3. The first-order chi connectivity index (χ1) is 9.01. The van der Waals surface area contributed by atoms with Gasteiger partial charge in [-0.25, -0.2) is 4.79 Å². The quantitative estimate of drug-likeness (QED) is 0.744. The number of urea groups is 1. The van der Waals surface area contributed by atoms with Crippen LogP contribution in [0.4, 0.5) is 19.3 Å². The number of alkyl halides is 2. The number of nitrogens with one attached hydrogen (secondary N) is 2. The van der Waals surface area contributed by atoms with Gasteiger partial charge in [0.15, 0.2) is 0 Å². The molecule has 3 N–H and O–H groups in total. The van der Waals surface area contributed by atoms with Crippen molar-refractivity contribution in [1.29, 1.82) is 0 Å². The topological polar surface area (TPSA) is 70.6 Å². The fourth-order valence-electron chi connectivity index (χ4n) is 1.41.